The Bertz CT molecular complexity index is 2850. The summed E-state index contributed by atoms with van der Waals surface area (Å²) >= 11 is 0. The Morgan fingerprint density at radius 1 is 0.412 bits per heavy atom. The van der Waals surface area contributed by atoms with E-state index in [0.29, 0.717) is 17.5 Å². The van der Waals surface area contributed by atoms with Gasteiger partial charge in [0.05, 0.1) is 34.0 Å². The molecule has 0 bridgehead atoms. The van der Waals surface area contributed by atoms with Crippen molar-refractivity contribution < 1.29 is 0 Å². The van der Waals surface area contributed by atoms with Gasteiger partial charge < -0.3 is 9.13 Å². The lowest BCUT2D eigenvalue weighted by molar-refractivity contribution is 1.05. The van der Waals surface area contributed by atoms with Crippen molar-refractivity contribution in [2.75, 3.05) is 0 Å². The van der Waals surface area contributed by atoms with Crippen LogP contribution in [0.25, 0.3) is 89.2 Å². The number of pyridine rings is 1. The predicted molar refractivity (Wildman–Crippen MR) is 207 cm³/mol. The Hall–Kier alpha value is -6.92. The first-order chi connectivity index (χ1) is 25.2. The molecule has 10 rings (SSSR count). The Labute approximate surface area is 294 Å². The van der Waals surface area contributed by atoms with Gasteiger partial charge in [0.2, 0.25) is 0 Å². The molecule has 0 saturated heterocycles. The SMILES string of the molecule is Cc1c(-c2nc(-c3ccccc3)nc(-c3ccccc3)n2)cncc1-n1c2ccccc2c2ccc3c4ccccc4n(-c4ccccc4)c3c21. The second kappa shape index (κ2) is 11.6. The van der Waals surface area contributed by atoms with E-state index in [9.17, 15) is 0 Å². The summed E-state index contributed by atoms with van der Waals surface area (Å²) in [5, 5.41) is 4.78. The summed E-state index contributed by atoms with van der Waals surface area (Å²) in [5.74, 6) is 1.82. The molecule has 0 aliphatic carbocycles. The summed E-state index contributed by atoms with van der Waals surface area (Å²) < 4.78 is 4.79. The van der Waals surface area contributed by atoms with Gasteiger partial charge in [-0.25, -0.2) is 15.0 Å². The van der Waals surface area contributed by atoms with Crippen LogP contribution in [0.3, 0.4) is 0 Å². The lowest BCUT2D eigenvalue weighted by Gasteiger charge is -2.16. The van der Waals surface area contributed by atoms with Gasteiger partial charge in [-0.15, -0.1) is 0 Å². The number of fused-ring (bicyclic) bond motifs is 7. The van der Waals surface area contributed by atoms with Crippen LogP contribution in [0.4, 0.5) is 0 Å². The highest BCUT2D eigenvalue weighted by molar-refractivity contribution is 6.23. The van der Waals surface area contributed by atoms with E-state index in [1.165, 1.54) is 27.1 Å². The smallest absolute Gasteiger partial charge is 0.165 e. The van der Waals surface area contributed by atoms with Crippen LogP contribution in [0.2, 0.25) is 0 Å². The van der Waals surface area contributed by atoms with E-state index in [1.54, 1.807) is 0 Å². The summed E-state index contributed by atoms with van der Waals surface area (Å²) in [5.41, 5.74) is 10.4. The van der Waals surface area contributed by atoms with Crippen molar-refractivity contribution in [3.63, 3.8) is 0 Å². The highest BCUT2D eigenvalue weighted by Crippen LogP contribution is 2.42. The van der Waals surface area contributed by atoms with Gasteiger partial charge in [-0.05, 0) is 36.8 Å². The number of nitrogens with zero attached hydrogens (tertiary/aromatic N) is 6. The standard InChI is InChI=1S/C45H30N6/c1-29-37(45-48-43(30-15-5-2-6-16-30)47-44(49-45)31-17-7-3-8-18-31)27-46-28-40(29)51-39-24-14-12-22-34(39)36-26-25-35-33-21-11-13-23-38(33)50(41(35)42(36)51)32-19-9-4-10-20-32/h2-28H,1H3. The van der Waals surface area contributed by atoms with Crippen molar-refractivity contribution in [3.05, 3.63) is 170 Å². The zero-order valence-electron chi connectivity index (χ0n) is 27.8. The summed E-state index contributed by atoms with van der Waals surface area (Å²) in [4.78, 5) is 19.9. The monoisotopic (exact) mass is 654 g/mol. The molecule has 4 heterocycles. The van der Waals surface area contributed by atoms with Crippen LogP contribution in [0.5, 0.6) is 0 Å². The topological polar surface area (TPSA) is 61.4 Å². The maximum Gasteiger partial charge on any atom is 0.165 e. The Kier molecular flexibility index (Phi) is 6.61. The van der Waals surface area contributed by atoms with Crippen molar-refractivity contribution in [3.8, 4) is 45.5 Å². The molecule has 0 radical (unpaired) electrons. The molecule has 0 amide bonds. The Morgan fingerprint density at radius 3 is 1.47 bits per heavy atom. The van der Waals surface area contributed by atoms with E-state index >= 15 is 0 Å². The molecule has 51 heavy (non-hydrogen) atoms. The first-order valence-corrected chi connectivity index (χ1v) is 17.1. The van der Waals surface area contributed by atoms with Gasteiger partial charge in [-0.1, -0.05) is 127 Å². The minimum Gasteiger partial charge on any atom is -0.307 e. The number of aromatic nitrogens is 6. The van der Waals surface area contributed by atoms with Gasteiger partial charge in [0, 0.05) is 50.1 Å². The van der Waals surface area contributed by atoms with Crippen molar-refractivity contribution in [1.82, 2.24) is 29.1 Å². The largest absolute Gasteiger partial charge is 0.307 e. The lowest BCUT2D eigenvalue weighted by atomic mass is 10.1. The average molecular weight is 655 g/mol. The van der Waals surface area contributed by atoms with E-state index in [0.717, 1.165) is 50.2 Å². The third kappa shape index (κ3) is 4.57. The van der Waals surface area contributed by atoms with Crippen molar-refractivity contribution in [2.45, 2.75) is 6.92 Å². The molecule has 0 unspecified atom stereocenters. The first kappa shape index (κ1) is 29.0. The van der Waals surface area contributed by atoms with Gasteiger partial charge in [-0.2, -0.15) is 0 Å². The van der Waals surface area contributed by atoms with Crippen LogP contribution in [0.15, 0.2) is 164 Å². The fourth-order valence-corrected chi connectivity index (χ4v) is 7.49. The molecule has 240 valence electrons. The minimum absolute atomic E-state index is 0.582. The maximum atomic E-state index is 5.06. The van der Waals surface area contributed by atoms with Gasteiger partial charge in [0.25, 0.3) is 0 Å². The molecule has 6 aromatic carbocycles. The van der Waals surface area contributed by atoms with Crippen LogP contribution >= 0.6 is 0 Å². The van der Waals surface area contributed by atoms with Crippen LogP contribution in [-0.2, 0) is 0 Å². The summed E-state index contributed by atoms with van der Waals surface area (Å²) in [6, 6.07) is 52.7. The van der Waals surface area contributed by atoms with E-state index in [1.807, 2.05) is 73.1 Å². The van der Waals surface area contributed by atoms with Crippen LogP contribution in [0, 0.1) is 6.92 Å². The third-order valence-corrected chi connectivity index (χ3v) is 9.85. The lowest BCUT2D eigenvalue weighted by Crippen LogP contribution is -2.05. The molecule has 10 aromatic rings. The number of rotatable bonds is 5. The maximum absolute atomic E-state index is 5.06. The zero-order valence-corrected chi connectivity index (χ0v) is 27.8. The zero-order chi connectivity index (χ0) is 33.9. The summed E-state index contributed by atoms with van der Waals surface area (Å²) in [6.07, 6.45) is 3.85. The Morgan fingerprint density at radius 2 is 0.882 bits per heavy atom. The van der Waals surface area contributed by atoms with E-state index < -0.39 is 0 Å². The molecular formula is C45H30N6. The third-order valence-electron chi connectivity index (χ3n) is 9.85. The number of para-hydroxylation sites is 3. The fourth-order valence-electron chi connectivity index (χ4n) is 7.49. The number of hydrogen-bond donors (Lipinski definition) is 0. The van der Waals surface area contributed by atoms with Gasteiger partial charge >= 0.3 is 0 Å². The van der Waals surface area contributed by atoms with Crippen molar-refractivity contribution in [1.29, 1.82) is 0 Å². The van der Waals surface area contributed by atoms with Crippen LogP contribution < -0.4 is 0 Å². The van der Waals surface area contributed by atoms with Crippen LogP contribution in [0.1, 0.15) is 5.56 Å². The molecule has 6 heteroatoms. The summed E-state index contributed by atoms with van der Waals surface area (Å²) in [7, 11) is 0. The fraction of sp³-hybridized carbons (Fsp3) is 0.0222. The number of benzene rings is 6. The molecule has 0 aliphatic rings. The molecule has 4 aromatic heterocycles. The highest BCUT2D eigenvalue weighted by atomic mass is 15.1. The first-order valence-electron chi connectivity index (χ1n) is 17.1. The molecule has 0 aliphatic heterocycles. The van der Waals surface area contributed by atoms with Gasteiger partial charge in [0.15, 0.2) is 17.5 Å². The van der Waals surface area contributed by atoms with Gasteiger partial charge in [-0.3, -0.25) is 4.98 Å². The van der Waals surface area contributed by atoms with Crippen LogP contribution in [-0.4, -0.2) is 29.1 Å². The second-order valence-electron chi connectivity index (χ2n) is 12.8. The average Bonchev–Trinajstić information content (AvgIpc) is 3.72. The second-order valence-corrected chi connectivity index (χ2v) is 12.8. The number of hydrogen-bond acceptors (Lipinski definition) is 4. The molecule has 6 nitrogen and oxygen atoms in total. The molecule has 0 atom stereocenters. The van der Waals surface area contributed by atoms with Crippen molar-refractivity contribution in [2.24, 2.45) is 0 Å². The predicted octanol–water partition coefficient (Wildman–Crippen LogP) is 10.8. The highest BCUT2D eigenvalue weighted by Gasteiger charge is 2.23. The van der Waals surface area contributed by atoms with Crippen molar-refractivity contribution >= 4 is 43.6 Å². The quantitative estimate of drug-likeness (QED) is 0.185. The summed E-state index contributed by atoms with van der Waals surface area (Å²) in [6.45, 7) is 2.15. The molecule has 0 saturated carbocycles. The molecule has 0 N–H and O–H groups in total. The van der Waals surface area contributed by atoms with E-state index in [-0.39, 0.29) is 0 Å². The minimum atomic E-state index is 0.582. The molecule has 0 spiro atoms. The van der Waals surface area contributed by atoms with Gasteiger partial charge in [0.1, 0.15) is 0 Å². The molecule has 0 fully saturated rings. The normalized spacial score (nSPS) is 11.6. The van der Waals surface area contributed by atoms with E-state index in [2.05, 4.69) is 107 Å². The molecular weight excluding hydrogens is 625 g/mol. The van der Waals surface area contributed by atoms with E-state index in [4.69, 9.17) is 19.9 Å². The Balaban J connectivity index is 1.29.